The average Bonchev–Trinajstić information content (AvgIpc) is 3.47. The van der Waals surface area contributed by atoms with Crippen LogP contribution in [0.25, 0.3) is 21.5 Å². The third-order valence-electron chi connectivity index (χ3n) is 4.29. The van der Waals surface area contributed by atoms with Gasteiger partial charge in [-0.25, -0.2) is 18.4 Å². The number of furan rings is 1. The van der Waals surface area contributed by atoms with E-state index in [-0.39, 0.29) is 44.5 Å². The molecule has 0 aliphatic rings. The van der Waals surface area contributed by atoms with Crippen molar-refractivity contribution in [2.24, 2.45) is 5.73 Å². The van der Waals surface area contributed by atoms with Gasteiger partial charge in [0.05, 0.1) is 12.0 Å². The van der Waals surface area contributed by atoms with Crippen molar-refractivity contribution < 1.29 is 27.5 Å². The van der Waals surface area contributed by atoms with Crippen LogP contribution in [-0.2, 0) is 11.5 Å². The number of amides is 2. The minimum Gasteiger partial charge on any atom is -0.464 e. The lowest BCUT2D eigenvalue weighted by Crippen LogP contribution is -2.17. The summed E-state index contributed by atoms with van der Waals surface area (Å²) in [4.78, 5) is 28.9. The second kappa shape index (κ2) is 8.24. The number of methoxy groups -OCH3 is 1. The van der Waals surface area contributed by atoms with Crippen molar-refractivity contribution >= 4 is 39.1 Å². The highest BCUT2D eigenvalue weighted by molar-refractivity contribution is 7.21. The number of pyridine rings is 1. The van der Waals surface area contributed by atoms with E-state index in [4.69, 9.17) is 14.9 Å². The number of halogens is 2. The zero-order valence-corrected chi connectivity index (χ0v) is 16.8. The minimum absolute atomic E-state index is 0.0357. The maximum absolute atomic E-state index is 13.4. The van der Waals surface area contributed by atoms with Crippen molar-refractivity contribution in [3.05, 3.63) is 53.0 Å². The van der Waals surface area contributed by atoms with Gasteiger partial charge in [0, 0.05) is 24.3 Å². The highest BCUT2D eigenvalue weighted by Gasteiger charge is 2.26. The van der Waals surface area contributed by atoms with E-state index >= 15 is 0 Å². The number of rotatable bonds is 7. The molecule has 0 radical (unpaired) electrons. The quantitative estimate of drug-likeness (QED) is 0.446. The summed E-state index contributed by atoms with van der Waals surface area (Å²) in [5.41, 5.74) is 5.35. The summed E-state index contributed by atoms with van der Waals surface area (Å²) in [7, 11) is 1.48. The third-order valence-corrected chi connectivity index (χ3v) is 5.39. The molecule has 0 saturated heterocycles. The Morgan fingerprint density at radius 3 is 2.84 bits per heavy atom. The van der Waals surface area contributed by atoms with Crippen LogP contribution in [0.15, 0.2) is 41.1 Å². The lowest BCUT2D eigenvalue weighted by molar-refractivity contribution is 0.100. The van der Waals surface area contributed by atoms with Gasteiger partial charge in [-0.05, 0) is 24.3 Å². The third kappa shape index (κ3) is 3.90. The molecule has 0 atom stereocenters. The molecule has 160 valence electrons. The molecule has 4 rings (SSSR count). The molecule has 9 nitrogen and oxygen atoms in total. The normalized spacial score (nSPS) is 11.4. The number of thiophene rings is 1. The molecule has 4 aromatic heterocycles. The number of nitrogens with two attached hydrogens (primary N) is 1. The summed E-state index contributed by atoms with van der Waals surface area (Å²) in [6.07, 6.45) is 0.0790. The van der Waals surface area contributed by atoms with Crippen LogP contribution in [0.1, 0.15) is 32.3 Å². The first-order valence-electron chi connectivity index (χ1n) is 8.82. The largest absolute Gasteiger partial charge is 0.464 e. The first-order valence-corrected chi connectivity index (χ1v) is 9.63. The van der Waals surface area contributed by atoms with Crippen LogP contribution in [0.2, 0.25) is 0 Å². The summed E-state index contributed by atoms with van der Waals surface area (Å²) >= 11 is 0.805. The predicted octanol–water partition coefficient (Wildman–Crippen LogP) is 3.65. The Morgan fingerprint density at radius 1 is 1.39 bits per heavy atom. The zero-order chi connectivity index (χ0) is 22.1. The van der Waals surface area contributed by atoms with Gasteiger partial charge in [-0.3, -0.25) is 9.59 Å². The number of nitrogens with one attached hydrogen (secondary N) is 1. The zero-order valence-electron chi connectivity index (χ0n) is 16.0. The summed E-state index contributed by atoms with van der Waals surface area (Å²) in [6, 6.07) is 5.79. The number of carbonyl (C=O) groups excluding carboxylic acids is 2. The van der Waals surface area contributed by atoms with Crippen molar-refractivity contribution in [3.8, 4) is 11.3 Å². The highest BCUT2D eigenvalue weighted by Crippen LogP contribution is 2.42. The number of hydrogen-bond donors (Lipinski definition) is 2. The van der Waals surface area contributed by atoms with Crippen molar-refractivity contribution in [1.29, 1.82) is 0 Å². The van der Waals surface area contributed by atoms with Crippen molar-refractivity contribution in [1.82, 2.24) is 14.8 Å². The molecule has 0 aromatic carbocycles. The fourth-order valence-corrected chi connectivity index (χ4v) is 4.03. The van der Waals surface area contributed by atoms with Crippen molar-refractivity contribution in [2.45, 2.75) is 13.2 Å². The van der Waals surface area contributed by atoms with E-state index in [2.05, 4.69) is 15.4 Å². The maximum Gasteiger partial charge on any atom is 0.280 e. The lowest BCUT2D eigenvalue weighted by Gasteiger charge is -2.09. The first-order chi connectivity index (χ1) is 14.9. The molecular formula is C19H15F2N5O4S. The molecule has 0 fully saturated rings. The molecule has 0 aliphatic carbocycles. The Bertz CT molecular complexity index is 1270. The van der Waals surface area contributed by atoms with Gasteiger partial charge < -0.3 is 20.2 Å². The molecule has 0 saturated carbocycles. The Balaban J connectivity index is 1.87. The molecule has 4 heterocycles. The lowest BCUT2D eigenvalue weighted by atomic mass is 10.1. The topological polar surface area (TPSA) is 125 Å². The number of carbonyl (C=O) groups is 2. The fraction of sp³-hybridized carbons (Fsp3) is 0.158. The Morgan fingerprint density at radius 2 is 2.19 bits per heavy atom. The second-order valence-electron chi connectivity index (χ2n) is 6.34. The average molecular weight is 447 g/mol. The summed E-state index contributed by atoms with van der Waals surface area (Å²) in [6.45, 7) is 0.143. The molecule has 4 aromatic rings. The van der Waals surface area contributed by atoms with Crippen LogP contribution in [0.5, 0.6) is 0 Å². The van der Waals surface area contributed by atoms with Crippen molar-refractivity contribution in [2.75, 3.05) is 12.4 Å². The van der Waals surface area contributed by atoms with E-state index in [1.54, 1.807) is 18.3 Å². The van der Waals surface area contributed by atoms with Gasteiger partial charge in [-0.15, -0.1) is 11.3 Å². The number of alkyl halides is 2. The maximum atomic E-state index is 13.4. The number of ether oxygens (including phenoxy) is 1. The summed E-state index contributed by atoms with van der Waals surface area (Å²) in [5.74, 6) is -1.20. The standard InChI is InChI=1S/C19H15F2N5O4S/c1-29-8-26-5-4-10(25-26)18(28)24-14-13-9(12-3-2-6-30-12)7-11(16(20)21)23-19(13)31-15(14)17(22)27/h2-7,16H,8H2,1H3,(H2,22,27)(H,24,28). The number of primary amides is 1. The Labute approximate surface area is 177 Å². The molecule has 0 unspecified atom stereocenters. The minimum atomic E-state index is -2.85. The van der Waals surface area contributed by atoms with Crippen LogP contribution in [0.3, 0.4) is 0 Å². The van der Waals surface area contributed by atoms with E-state index in [9.17, 15) is 18.4 Å². The van der Waals surface area contributed by atoms with Crippen LogP contribution in [0, 0.1) is 0 Å². The number of anilines is 1. The van der Waals surface area contributed by atoms with E-state index < -0.39 is 23.9 Å². The van der Waals surface area contributed by atoms with Crippen LogP contribution in [0.4, 0.5) is 14.5 Å². The fourth-order valence-electron chi connectivity index (χ4n) is 3.01. The summed E-state index contributed by atoms with van der Waals surface area (Å²) < 4.78 is 38.6. The molecule has 2 amide bonds. The van der Waals surface area contributed by atoms with E-state index in [1.807, 2.05) is 0 Å². The van der Waals surface area contributed by atoms with Gasteiger partial charge in [-0.1, -0.05) is 0 Å². The van der Waals surface area contributed by atoms with Crippen LogP contribution >= 0.6 is 11.3 Å². The van der Waals surface area contributed by atoms with Crippen LogP contribution in [-0.4, -0.2) is 33.7 Å². The van der Waals surface area contributed by atoms with Gasteiger partial charge >= 0.3 is 0 Å². The van der Waals surface area contributed by atoms with E-state index in [0.29, 0.717) is 0 Å². The van der Waals surface area contributed by atoms with Gasteiger partial charge in [0.1, 0.15) is 27.9 Å². The van der Waals surface area contributed by atoms with Gasteiger partial charge in [0.25, 0.3) is 18.2 Å². The van der Waals surface area contributed by atoms with Crippen molar-refractivity contribution in [3.63, 3.8) is 0 Å². The van der Waals surface area contributed by atoms with E-state index in [1.165, 1.54) is 24.1 Å². The second-order valence-corrected chi connectivity index (χ2v) is 7.33. The number of hydrogen-bond acceptors (Lipinski definition) is 7. The molecule has 0 aliphatic heterocycles. The molecule has 3 N–H and O–H groups in total. The summed E-state index contributed by atoms with van der Waals surface area (Å²) in [5, 5.41) is 6.97. The number of nitrogens with zero attached hydrogens (tertiary/aromatic N) is 3. The molecule has 12 heteroatoms. The molecule has 31 heavy (non-hydrogen) atoms. The smallest absolute Gasteiger partial charge is 0.280 e. The van der Waals surface area contributed by atoms with Gasteiger partial charge in [0.2, 0.25) is 0 Å². The SMILES string of the molecule is COCn1ccc(C(=O)Nc2c(C(N)=O)sc3nc(C(F)F)cc(-c4ccco4)c23)n1. The molecule has 0 bridgehead atoms. The molecular weight excluding hydrogens is 432 g/mol. The number of fused-ring (bicyclic) bond motifs is 1. The highest BCUT2D eigenvalue weighted by atomic mass is 32.1. The number of aromatic nitrogens is 3. The molecule has 0 spiro atoms. The predicted molar refractivity (Wildman–Crippen MR) is 108 cm³/mol. The van der Waals surface area contributed by atoms with Gasteiger partial charge in [0.15, 0.2) is 5.69 Å². The first kappa shape index (κ1) is 20.6. The Hall–Kier alpha value is -3.64. The monoisotopic (exact) mass is 447 g/mol. The van der Waals surface area contributed by atoms with E-state index in [0.717, 1.165) is 17.4 Å². The Kier molecular flexibility index (Phi) is 5.48. The van der Waals surface area contributed by atoms with Crippen LogP contribution < -0.4 is 11.1 Å². The van der Waals surface area contributed by atoms with Gasteiger partial charge in [-0.2, -0.15) is 5.10 Å².